The van der Waals surface area contributed by atoms with Crippen LogP contribution >= 0.6 is 0 Å². The Labute approximate surface area is 124 Å². The monoisotopic (exact) mass is 301 g/mol. The van der Waals surface area contributed by atoms with Gasteiger partial charge in [0.05, 0.1) is 7.11 Å². The number of aromatic nitrogens is 3. The van der Waals surface area contributed by atoms with E-state index in [2.05, 4.69) is 10.2 Å². The molecule has 112 valence electrons. The summed E-state index contributed by atoms with van der Waals surface area (Å²) >= 11 is 0. The Morgan fingerprint density at radius 3 is 2.91 bits per heavy atom. The molecule has 3 rings (SSSR count). The summed E-state index contributed by atoms with van der Waals surface area (Å²) in [5.74, 6) is 0.286. The highest BCUT2D eigenvalue weighted by molar-refractivity contribution is 5.52. The van der Waals surface area contributed by atoms with E-state index in [4.69, 9.17) is 9.15 Å². The van der Waals surface area contributed by atoms with Gasteiger partial charge in [-0.3, -0.25) is 4.79 Å². The first kappa shape index (κ1) is 14.0. The molecule has 2 aromatic heterocycles. The van der Waals surface area contributed by atoms with E-state index in [-0.39, 0.29) is 35.5 Å². The SMILES string of the molecule is COc1cccn(Cc2nnc(-c3cccc(F)c3)o2)c1=O. The van der Waals surface area contributed by atoms with E-state index >= 15 is 0 Å². The molecule has 0 atom stereocenters. The third-order valence-corrected chi connectivity index (χ3v) is 3.05. The predicted octanol–water partition coefficient (Wildman–Crippen LogP) is 2.09. The average Bonchev–Trinajstić information content (AvgIpc) is 2.98. The van der Waals surface area contributed by atoms with Crippen LogP contribution in [0.5, 0.6) is 5.75 Å². The highest BCUT2D eigenvalue weighted by Gasteiger charge is 2.11. The zero-order valence-corrected chi connectivity index (χ0v) is 11.7. The Morgan fingerprint density at radius 1 is 1.27 bits per heavy atom. The lowest BCUT2D eigenvalue weighted by Gasteiger charge is -2.04. The number of methoxy groups -OCH3 is 1. The Hall–Kier alpha value is -2.96. The zero-order valence-electron chi connectivity index (χ0n) is 11.7. The van der Waals surface area contributed by atoms with Crippen molar-refractivity contribution in [1.82, 2.24) is 14.8 Å². The largest absolute Gasteiger partial charge is 0.491 e. The van der Waals surface area contributed by atoms with Crippen LogP contribution in [0, 0.1) is 5.82 Å². The van der Waals surface area contributed by atoms with Gasteiger partial charge < -0.3 is 13.7 Å². The Balaban J connectivity index is 1.88. The van der Waals surface area contributed by atoms with Crippen molar-refractivity contribution < 1.29 is 13.5 Å². The summed E-state index contributed by atoms with van der Waals surface area (Å²) < 4.78 is 25.0. The van der Waals surface area contributed by atoms with Gasteiger partial charge in [-0.1, -0.05) is 6.07 Å². The van der Waals surface area contributed by atoms with E-state index < -0.39 is 0 Å². The number of rotatable bonds is 4. The fourth-order valence-electron chi connectivity index (χ4n) is 2.00. The van der Waals surface area contributed by atoms with Crippen LogP contribution in [0.15, 0.2) is 51.8 Å². The molecule has 22 heavy (non-hydrogen) atoms. The van der Waals surface area contributed by atoms with Gasteiger partial charge in [-0.15, -0.1) is 10.2 Å². The highest BCUT2D eigenvalue weighted by Crippen LogP contribution is 2.18. The van der Waals surface area contributed by atoms with E-state index in [0.717, 1.165) is 0 Å². The Kier molecular flexibility index (Phi) is 3.69. The minimum atomic E-state index is -0.388. The van der Waals surface area contributed by atoms with Crippen molar-refractivity contribution in [2.24, 2.45) is 0 Å². The van der Waals surface area contributed by atoms with Crippen molar-refractivity contribution >= 4 is 0 Å². The molecular weight excluding hydrogens is 289 g/mol. The number of pyridine rings is 1. The third kappa shape index (κ3) is 2.73. The van der Waals surface area contributed by atoms with Crippen LogP contribution in [0.4, 0.5) is 4.39 Å². The second-order valence-electron chi connectivity index (χ2n) is 4.52. The van der Waals surface area contributed by atoms with Gasteiger partial charge in [-0.2, -0.15) is 0 Å². The highest BCUT2D eigenvalue weighted by atomic mass is 19.1. The fraction of sp³-hybridized carbons (Fsp3) is 0.133. The number of ether oxygens (including phenoxy) is 1. The summed E-state index contributed by atoms with van der Waals surface area (Å²) in [6.45, 7) is 0.109. The molecular formula is C15H12FN3O3. The summed E-state index contributed by atoms with van der Waals surface area (Å²) in [6, 6.07) is 9.11. The molecule has 0 fully saturated rings. The molecule has 2 heterocycles. The molecule has 0 N–H and O–H groups in total. The Morgan fingerprint density at radius 2 is 2.14 bits per heavy atom. The van der Waals surface area contributed by atoms with E-state index in [9.17, 15) is 9.18 Å². The number of benzene rings is 1. The molecule has 0 aliphatic heterocycles. The standard InChI is InChI=1S/C15H12FN3O3/c1-21-12-6-3-7-19(15(12)20)9-13-17-18-14(22-13)10-4-2-5-11(16)8-10/h2-8H,9H2,1H3. The van der Waals surface area contributed by atoms with Crippen LogP contribution in [0.25, 0.3) is 11.5 Å². The second-order valence-corrected chi connectivity index (χ2v) is 4.52. The lowest BCUT2D eigenvalue weighted by molar-refractivity contribution is 0.400. The van der Waals surface area contributed by atoms with Crippen LogP contribution in [0.3, 0.4) is 0 Å². The summed E-state index contributed by atoms with van der Waals surface area (Å²) in [7, 11) is 1.43. The minimum absolute atomic E-state index is 0.109. The summed E-state index contributed by atoms with van der Waals surface area (Å²) in [4.78, 5) is 12.0. The van der Waals surface area contributed by atoms with Gasteiger partial charge in [-0.05, 0) is 30.3 Å². The molecule has 0 bridgehead atoms. The van der Waals surface area contributed by atoms with Crippen molar-refractivity contribution in [3.05, 3.63) is 64.7 Å². The van der Waals surface area contributed by atoms with E-state index in [1.54, 1.807) is 30.5 Å². The molecule has 0 spiro atoms. The molecule has 0 aliphatic carbocycles. The van der Waals surface area contributed by atoms with Crippen LogP contribution in [-0.4, -0.2) is 21.9 Å². The van der Waals surface area contributed by atoms with Crippen LogP contribution in [-0.2, 0) is 6.54 Å². The molecule has 0 unspecified atom stereocenters. The smallest absolute Gasteiger partial charge is 0.293 e. The maximum Gasteiger partial charge on any atom is 0.293 e. The van der Waals surface area contributed by atoms with Gasteiger partial charge in [0.2, 0.25) is 11.8 Å². The van der Waals surface area contributed by atoms with Gasteiger partial charge in [-0.25, -0.2) is 4.39 Å². The molecule has 0 aliphatic rings. The van der Waals surface area contributed by atoms with Crippen molar-refractivity contribution in [3.63, 3.8) is 0 Å². The summed E-state index contributed by atoms with van der Waals surface area (Å²) in [5.41, 5.74) is 0.187. The second kappa shape index (κ2) is 5.80. The van der Waals surface area contributed by atoms with Gasteiger partial charge in [0.15, 0.2) is 5.75 Å². The average molecular weight is 301 g/mol. The number of hydrogen-bond acceptors (Lipinski definition) is 5. The molecule has 0 amide bonds. The fourth-order valence-corrected chi connectivity index (χ4v) is 2.00. The van der Waals surface area contributed by atoms with Crippen molar-refractivity contribution in [3.8, 4) is 17.2 Å². The number of nitrogens with zero attached hydrogens (tertiary/aromatic N) is 3. The van der Waals surface area contributed by atoms with E-state index in [0.29, 0.717) is 5.56 Å². The van der Waals surface area contributed by atoms with Gasteiger partial charge in [0.1, 0.15) is 12.4 Å². The van der Waals surface area contributed by atoms with Gasteiger partial charge >= 0.3 is 0 Å². The molecule has 0 saturated carbocycles. The molecule has 0 radical (unpaired) electrons. The van der Waals surface area contributed by atoms with Crippen LogP contribution < -0.4 is 10.3 Å². The number of halogens is 1. The maximum atomic E-state index is 13.2. The lowest BCUT2D eigenvalue weighted by atomic mass is 10.2. The third-order valence-electron chi connectivity index (χ3n) is 3.05. The topological polar surface area (TPSA) is 70.2 Å². The number of hydrogen-bond donors (Lipinski definition) is 0. The van der Waals surface area contributed by atoms with Crippen LogP contribution in [0.1, 0.15) is 5.89 Å². The lowest BCUT2D eigenvalue weighted by Crippen LogP contribution is -2.21. The molecule has 0 saturated heterocycles. The summed E-state index contributed by atoms with van der Waals surface area (Å²) in [6.07, 6.45) is 1.59. The van der Waals surface area contributed by atoms with Crippen molar-refractivity contribution in [2.45, 2.75) is 6.54 Å². The minimum Gasteiger partial charge on any atom is -0.491 e. The van der Waals surface area contributed by atoms with Crippen molar-refractivity contribution in [2.75, 3.05) is 7.11 Å². The Bertz CT molecular complexity index is 857. The van der Waals surface area contributed by atoms with Gasteiger partial charge in [0, 0.05) is 11.8 Å². The normalized spacial score (nSPS) is 10.6. The van der Waals surface area contributed by atoms with E-state index in [1.165, 1.54) is 23.8 Å². The molecule has 1 aromatic carbocycles. The zero-order chi connectivity index (χ0) is 15.5. The van der Waals surface area contributed by atoms with E-state index in [1.807, 2.05) is 0 Å². The first-order valence-corrected chi connectivity index (χ1v) is 6.49. The van der Waals surface area contributed by atoms with Crippen LogP contribution in [0.2, 0.25) is 0 Å². The first-order chi connectivity index (χ1) is 10.7. The molecule has 7 heteroatoms. The molecule has 3 aromatic rings. The van der Waals surface area contributed by atoms with Crippen molar-refractivity contribution in [1.29, 1.82) is 0 Å². The first-order valence-electron chi connectivity index (χ1n) is 6.49. The van der Waals surface area contributed by atoms with Gasteiger partial charge in [0.25, 0.3) is 5.56 Å². The summed E-state index contributed by atoms with van der Waals surface area (Å²) in [5, 5.41) is 7.74. The predicted molar refractivity (Wildman–Crippen MR) is 76.0 cm³/mol. The quantitative estimate of drug-likeness (QED) is 0.738. The molecule has 6 nitrogen and oxygen atoms in total. The maximum absolute atomic E-state index is 13.2.